The molecule has 128 valence electrons. The van der Waals surface area contributed by atoms with Gasteiger partial charge in [0.05, 0.1) is 0 Å². The number of rotatable bonds is 4. The molecule has 24 heavy (non-hydrogen) atoms. The summed E-state index contributed by atoms with van der Waals surface area (Å²) in [5.74, 6) is 1.74. The number of nitrogens with zero attached hydrogens (tertiary/aromatic N) is 2. The Morgan fingerprint density at radius 1 is 1.21 bits per heavy atom. The van der Waals surface area contributed by atoms with E-state index in [-0.39, 0.29) is 5.91 Å². The molecule has 0 atom stereocenters. The van der Waals surface area contributed by atoms with Gasteiger partial charge in [-0.05, 0) is 50.3 Å². The van der Waals surface area contributed by atoms with Crippen molar-refractivity contribution in [1.29, 1.82) is 0 Å². The van der Waals surface area contributed by atoms with Gasteiger partial charge in [-0.15, -0.1) is 0 Å². The lowest BCUT2D eigenvalue weighted by Gasteiger charge is -2.19. The molecular weight excluding hydrogens is 372 g/mol. The van der Waals surface area contributed by atoms with Crippen LogP contribution in [0.2, 0.25) is 0 Å². The first-order chi connectivity index (χ1) is 11.6. The molecule has 0 radical (unpaired) electrons. The van der Waals surface area contributed by atoms with Crippen LogP contribution in [0.4, 0.5) is 0 Å². The maximum atomic E-state index is 12.6. The predicted octanol–water partition coefficient (Wildman–Crippen LogP) is 3.40. The van der Waals surface area contributed by atoms with Crippen LogP contribution in [0.5, 0.6) is 5.75 Å². The largest absolute Gasteiger partial charge is 0.486 e. The zero-order valence-corrected chi connectivity index (χ0v) is 15.3. The van der Waals surface area contributed by atoms with E-state index in [9.17, 15) is 4.79 Å². The second kappa shape index (κ2) is 7.85. The summed E-state index contributed by atoms with van der Waals surface area (Å²) in [4.78, 5) is 16.7. The highest BCUT2D eigenvalue weighted by molar-refractivity contribution is 9.10. The molecule has 0 unspecified atom stereocenters. The molecule has 0 N–H and O–H groups in total. The van der Waals surface area contributed by atoms with Gasteiger partial charge in [0.25, 0.3) is 5.91 Å². The van der Waals surface area contributed by atoms with Crippen molar-refractivity contribution in [2.24, 2.45) is 0 Å². The molecular formula is C18H21BrN2O3. The fourth-order valence-electron chi connectivity index (χ4n) is 2.69. The molecule has 0 spiro atoms. The number of hydrogen-bond donors (Lipinski definition) is 0. The zero-order valence-electron chi connectivity index (χ0n) is 13.7. The first-order valence-electron chi connectivity index (χ1n) is 8.07. The second-order valence-corrected chi connectivity index (χ2v) is 6.88. The van der Waals surface area contributed by atoms with Crippen LogP contribution < -0.4 is 4.74 Å². The lowest BCUT2D eigenvalue weighted by molar-refractivity contribution is 0.0726. The quantitative estimate of drug-likeness (QED) is 0.799. The lowest BCUT2D eigenvalue weighted by Crippen LogP contribution is -2.34. The zero-order chi connectivity index (χ0) is 16.9. The Bertz CT molecular complexity index is 701. The maximum Gasteiger partial charge on any atom is 0.289 e. The summed E-state index contributed by atoms with van der Waals surface area (Å²) in [6, 6.07) is 11.2. The van der Waals surface area contributed by atoms with E-state index in [0.29, 0.717) is 18.1 Å². The molecule has 1 aliphatic heterocycles. The number of hydrogen-bond acceptors (Lipinski definition) is 4. The molecule has 1 saturated heterocycles. The number of furan rings is 1. The molecule has 1 fully saturated rings. The van der Waals surface area contributed by atoms with Gasteiger partial charge in [0.1, 0.15) is 18.1 Å². The van der Waals surface area contributed by atoms with E-state index < -0.39 is 0 Å². The Morgan fingerprint density at radius 2 is 2.08 bits per heavy atom. The smallest absolute Gasteiger partial charge is 0.289 e. The van der Waals surface area contributed by atoms with Crippen LogP contribution in [0.15, 0.2) is 45.3 Å². The van der Waals surface area contributed by atoms with E-state index in [4.69, 9.17) is 9.15 Å². The summed E-state index contributed by atoms with van der Waals surface area (Å²) in [7, 11) is 2.08. The van der Waals surface area contributed by atoms with E-state index in [0.717, 1.165) is 42.8 Å². The number of halogens is 1. The van der Waals surface area contributed by atoms with Gasteiger partial charge in [0, 0.05) is 24.1 Å². The van der Waals surface area contributed by atoms with Crippen LogP contribution in [0.3, 0.4) is 0 Å². The Balaban J connectivity index is 1.59. The average molecular weight is 393 g/mol. The lowest BCUT2D eigenvalue weighted by atomic mass is 10.3. The second-order valence-electron chi connectivity index (χ2n) is 5.96. The normalized spacial score (nSPS) is 16.0. The molecule has 1 aromatic carbocycles. The first-order valence-corrected chi connectivity index (χ1v) is 8.86. The Hall–Kier alpha value is -1.79. The predicted molar refractivity (Wildman–Crippen MR) is 95.2 cm³/mol. The number of carbonyl (C=O) groups excluding carboxylic acids is 1. The highest BCUT2D eigenvalue weighted by Crippen LogP contribution is 2.20. The van der Waals surface area contributed by atoms with E-state index in [1.165, 1.54) is 0 Å². The van der Waals surface area contributed by atoms with Gasteiger partial charge in [-0.25, -0.2) is 0 Å². The van der Waals surface area contributed by atoms with Crippen molar-refractivity contribution in [3.63, 3.8) is 0 Å². The third kappa shape index (κ3) is 4.39. The minimum Gasteiger partial charge on any atom is -0.486 e. The van der Waals surface area contributed by atoms with Crippen LogP contribution in [0, 0.1) is 0 Å². The molecule has 5 nitrogen and oxygen atoms in total. The van der Waals surface area contributed by atoms with Gasteiger partial charge in [-0.3, -0.25) is 4.79 Å². The number of carbonyl (C=O) groups is 1. The van der Waals surface area contributed by atoms with Crippen molar-refractivity contribution in [1.82, 2.24) is 9.80 Å². The van der Waals surface area contributed by atoms with Crippen molar-refractivity contribution in [3.05, 3.63) is 52.4 Å². The van der Waals surface area contributed by atoms with E-state index in [1.807, 2.05) is 29.2 Å². The van der Waals surface area contributed by atoms with Crippen LogP contribution in [0.25, 0.3) is 0 Å². The Kier molecular flexibility index (Phi) is 5.58. The first kappa shape index (κ1) is 17.0. The number of benzene rings is 1. The number of ether oxygens (including phenoxy) is 1. The van der Waals surface area contributed by atoms with Crippen molar-refractivity contribution < 1.29 is 13.9 Å². The molecule has 2 heterocycles. The highest BCUT2D eigenvalue weighted by atomic mass is 79.9. The van der Waals surface area contributed by atoms with Gasteiger partial charge < -0.3 is 19.0 Å². The number of amides is 1. The van der Waals surface area contributed by atoms with E-state index >= 15 is 0 Å². The van der Waals surface area contributed by atoms with Crippen molar-refractivity contribution in [2.45, 2.75) is 13.0 Å². The average Bonchev–Trinajstić information content (AvgIpc) is 2.94. The van der Waals surface area contributed by atoms with Gasteiger partial charge in [0.2, 0.25) is 0 Å². The third-order valence-corrected chi connectivity index (χ3v) is 4.55. The standard InChI is InChI=1S/C18H21BrN2O3/c1-20-8-3-9-21(11-10-20)18(22)17-7-6-16(24-17)13-23-15-5-2-4-14(19)12-15/h2,4-7,12H,3,8-11,13H2,1H3. The third-order valence-electron chi connectivity index (χ3n) is 4.06. The molecule has 0 aliphatic carbocycles. The van der Waals surface area contributed by atoms with Crippen molar-refractivity contribution in [3.8, 4) is 5.75 Å². The van der Waals surface area contributed by atoms with Crippen LogP contribution in [-0.2, 0) is 6.61 Å². The van der Waals surface area contributed by atoms with Crippen molar-refractivity contribution in [2.75, 3.05) is 33.2 Å². The topological polar surface area (TPSA) is 45.9 Å². The van der Waals surface area contributed by atoms with E-state index in [2.05, 4.69) is 27.9 Å². The molecule has 6 heteroatoms. The van der Waals surface area contributed by atoms with Crippen LogP contribution >= 0.6 is 15.9 Å². The molecule has 0 bridgehead atoms. The fraction of sp³-hybridized carbons (Fsp3) is 0.389. The molecule has 3 rings (SSSR count). The summed E-state index contributed by atoms with van der Waals surface area (Å²) in [6.07, 6.45) is 0.988. The Morgan fingerprint density at radius 3 is 2.92 bits per heavy atom. The van der Waals surface area contributed by atoms with Gasteiger partial charge in [-0.1, -0.05) is 22.0 Å². The maximum absolute atomic E-state index is 12.6. The van der Waals surface area contributed by atoms with E-state index in [1.54, 1.807) is 12.1 Å². The summed E-state index contributed by atoms with van der Waals surface area (Å²) in [5, 5.41) is 0. The molecule has 1 aromatic heterocycles. The summed E-state index contributed by atoms with van der Waals surface area (Å²) >= 11 is 3.41. The van der Waals surface area contributed by atoms with Gasteiger partial charge in [0.15, 0.2) is 5.76 Å². The summed E-state index contributed by atoms with van der Waals surface area (Å²) in [5.41, 5.74) is 0. The number of likely N-dealkylation sites (N-methyl/N-ethyl adjacent to an activating group) is 1. The molecule has 2 aromatic rings. The molecule has 0 saturated carbocycles. The SMILES string of the molecule is CN1CCCN(C(=O)c2ccc(COc3cccc(Br)c3)o2)CC1. The monoisotopic (exact) mass is 392 g/mol. The minimum absolute atomic E-state index is 0.0426. The van der Waals surface area contributed by atoms with Crippen LogP contribution in [0.1, 0.15) is 22.7 Å². The highest BCUT2D eigenvalue weighted by Gasteiger charge is 2.21. The summed E-state index contributed by atoms with van der Waals surface area (Å²) in [6.45, 7) is 3.72. The summed E-state index contributed by atoms with van der Waals surface area (Å²) < 4.78 is 12.3. The van der Waals surface area contributed by atoms with Crippen LogP contribution in [-0.4, -0.2) is 48.9 Å². The van der Waals surface area contributed by atoms with Gasteiger partial charge >= 0.3 is 0 Å². The van der Waals surface area contributed by atoms with Gasteiger partial charge in [-0.2, -0.15) is 0 Å². The Labute approximate surface area is 150 Å². The fourth-order valence-corrected chi connectivity index (χ4v) is 3.07. The van der Waals surface area contributed by atoms with Crippen molar-refractivity contribution >= 4 is 21.8 Å². The minimum atomic E-state index is -0.0426. The molecule has 1 amide bonds. The molecule has 1 aliphatic rings.